The summed E-state index contributed by atoms with van der Waals surface area (Å²) >= 11 is 1.23. The van der Waals surface area contributed by atoms with E-state index in [-0.39, 0.29) is 17.2 Å². The molecule has 0 aliphatic carbocycles. The maximum atomic E-state index is 13.6. The first-order valence-electron chi connectivity index (χ1n) is 6.79. The molecule has 0 radical (unpaired) electrons. The molecule has 11 heteroatoms. The number of carbonyl (C=O) groups excluding carboxylic acids is 1. The number of nitrogens with zero attached hydrogens (tertiary/aromatic N) is 6. The average Bonchev–Trinajstić information content (AvgIpc) is 3.21. The number of pyridine rings is 1. The Morgan fingerprint density at radius 3 is 2.80 bits per heavy atom. The highest BCUT2D eigenvalue weighted by molar-refractivity contribution is 7.13. The lowest BCUT2D eigenvalue weighted by Gasteiger charge is -2.11. The summed E-state index contributed by atoms with van der Waals surface area (Å²) in [7, 11) is 0. The Balaban J connectivity index is 2.06. The largest absolute Gasteiger partial charge is 0.417 e. The van der Waals surface area contributed by atoms with E-state index in [1.165, 1.54) is 11.3 Å². The average molecular weight is 362 g/mol. The van der Waals surface area contributed by atoms with Gasteiger partial charge in [0.25, 0.3) is 5.91 Å². The van der Waals surface area contributed by atoms with Gasteiger partial charge in [-0.05, 0) is 17.5 Å². The fourth-order valence-electron chi connectivity index (χ4n) is 2.45. The van der Waals surface area contributed by atoms with Crippen molar-refractivity contribution < 1.29 is 18.0 Å². The van der Waals surface area contributed by atoms with E-state index in [2.05, 4.69) is 20.3 Å². The number of thiophene rings is 1. The van der Waals surface area contributed by atoms with Crippen LogP contribution in [0.2, 0.25) is 0 Å². The van der Waals surface area contributed by atoms with Crippen LogP contribution in [0.4, 0.5) is 19.0 Å². The van der Waals surface area contributed by atoms with Gasteiger partial charge in [-0.25, -0.2) is 4.98 Å². The molecule has 25 heavy (non-hydrogen) atoms. The number of hydrogen-bond donors (Lipinski definition) is 0. The van der Waals surface area contributed by atoms with Crippen molar-refractivity contribution in [2.75, 3.05) is 0 Å². The molecule has 0 N–H and O–H groups in total. The normalized spacial score (nSPS) is 16.9. The first kappa shape index (κ1) is 15.4. The van der Waals surface area contributed by atoms with Crippen LogP contribution in [-0.4, -0.2) is 26.7 Å². The van der Waals surface area contributed by atoms with Gasteiger partial charge in [0.2, 0.25) is 6.04 Å². The Morgan fingerprint density at radius 2 is 2.16 bits per heavy atom. The molecule has 1 aliphatic heterocycles. The van der Waals surface area contributed by atoms with E-state index in [1.54, 1.807) is 23.6 Å². The van der Waals surface area contributed by atoms with Crippen molar-refractivity contribution in [3.63, 3.8) is 0 Å². The summed E-state index contributed by atoms with van der Waals surface area (Å²) in [5.41, 5.74) is -1.20. The minimum atomic E-state index is -4.71. The highest BCUT2D eigenvalue weighted by Gasteiger charge is 2.39. The third kappa shape index (κ3) is 2.30. The molecule has 1 unspecified atom stereocenters. The summed E-state index contributed by atoms with van der Waals surface area (Å²) in [6.07, 6.45) is -4.71. The molecule has 7 nitrogen and oxygen atoms in total. The zero-order chi connectivity index (χ0) is 17.8. The number of fused-ring (bicyclic) bond motifs is 3. The van der Waals surface area contributed by atoms with Gasteiger partial charge in [0.05, 0.1) is 21.5 Å². The topological polar surface area (TPSA) is 96.3 Å². The van der Waals surface area contributed by atoms with Crippen LogP contribution in [0.25, 0.3) is 21.6 Å². The van der Waals surface area contributed by atoms with Gasteiger partial charge in [0.15, 0.2) is 11.5 Å². The van der Waals surface area contributed by atoms with Gasteiger partial charge in [-0.3, -0.25) is 4.79 Å². The summed E-state index contributed by atoms with van der Waals surface area (Å²) in [5.74, 6) is -1.24. The van der Waals surface area contributed by atoms with Gasteiger partial charge in [0, 0.05) is 0 Å². The molecule has 0 saturated heterocycles. The number of aromatic nitrogens is 3. The second kappa shape index (κ2) is 5.18. The van der Waals surface area contributed by atoms with Gasteiger partial charge in [-0.15, -0.1) is 21.5 Å². The first-order chi connectivity index (χ1) is 11.9. The fourth-order valence-corrected chi connectivity index (χ4v) is 3.14. The lowest BCUT2D eigenvalue weighted by Crippen LogP contribution is -2.26. The quantitative estimate of drug-likeness (QED) is 0.657. The number of halogens is 3. The number of rotatable bonds is 1. The Labute approximate surface area is 141 Å². The van der Waals surface area contributed by atoms with Crippen molar-refractivity contribution in [2.45, 2.75) is 12.2 Å². The van der Waals surface area contributed by atoms with Crippen LogP contribution >= 0.6 is 11.3 Å². The Morgan fingerprint density at radius 1 is 1.36 bits per heavy atom. The third-order valence-electron chi connectivity index (χ3n) is 3.53. The summed E-state index contributed by atoms with van der Waals surface area (Å²) in [6.45, 7) is 0. The number of hydrogen-bond acceptors (Lipinski definition) is 7. The first-order valence-corrected chi connectivity index (χ1v) is 7.67. The fraction of sp³-hybridized carbons (Fsp3) is 0.143. The summed E-state index contributed by atoms with van der Waals surface area (Å²) in [4.78, 5) is 16.8. The second-order valence-electron chi connectivity index (χ2n) is 5.05. The number of nitriles is 1. The van der Waals surface area contributed by atoms with Crippen molar-refractivity contribution in [2.24, 2.45) is 10.2 Å². The molecular weight excluding hydrogens is 357 g/mol. The minimum absolute atomic E-state index is 0.0893. The maximum absolute atomic E-state index is 13.6. The molecule has 0 amide bonds. The molecule has 1 aliphatic rings. The van der Waals surface area contributed by atoms with E-state index in [4.69, 9.17) is 5.26 Å². The number of alkyl halides is 3. The minimum Gasteiger partial charge on any atom is -0.269 e. The monoisotopic (exact) mass is 362 g/mol. The molecule has 3 aromatic rings. The lowest BCUT2D eigenvalue weighted by molar-refractivity contribution is -0.136. The Kier molecular flexibility index (Phi) is 3.19. The summed E-state index contributed by atoms with van der Waals surface area (Å²) in [6, 6.07) is 4.38. The molecule has 0 saturated carbocycles. The van der Waals surface area contributed by atoms with E-state index in [0.29, 0.717) is 9.56 Å². The third-order valence-corrected chi connectivity index (χ3v) is 4.42. The van der Waals surface area contributed by atoms with E-state index >= 15 is 0 Å². The molecule has 4 heterocycles. The van der Waals surface area contributed by atoms with Crippen LogP contribution < -0.4 is 0 Å². The molecule has 1 atom stereocenters. The van der Waals surface area contributed by atoms with Crippen LogP contribution in [0.5, 0.6) is 0 Å². The molecule has 0 fully saturated rings. The maximum Gasteiger partial charge on any atom is 0.417 e. The number of carbonyl (C=O) groups is 1. The highest BCUT2D eigenvalue weighted by atomic mass is 32.1. The molecule has 124 valence electrons. The SMILES string of the molecule is N#CC1N=Nc2c3c(C(F)(F)F)cc(-c4cccs4)nc3nn2C1=O. The van der Waals surface area contributed by atoms with Crippen molar-refractivity contribution in [1.82, 2.24) is 14.8 Å². The van der Waals surface area contributed by atoms with Crippen LogP contribution in [-0.2, 0) is 6.18 Å². The van der Waals surface area contributed by atoms with Gasteiger partial charge >= 0.3 is 6.18 Å². The highest BCUT2D eigenvalue weighted by Crippen LogP contribution is 2.42. The predicted molar refractivity (Wildman–Crippen MR) is 80.4 cm³/mol. The van der Waals surface area contributed by atoms with Crippen LogP contribution in [0.1, 0.15) is 10.4 Å². The lowest BCUT2D eigenvalue weighted by atomic mass is 10.1. The van der Waals surface area contributed by atoms with Gasteiger partial charge < -0.3 is 0 Å². The van der Waals surface area contributed by atoms with Crippen molar-refractivity contribution >= 4 is 34.1 Å². The molecule has 0 aromatic carbocycles. The van der Waals surface area contributed by atoms with Crippen LogP contribution in [0.15, 0.2) is 33.8 Å². The Bertz CT molecular complexity index is 1080. The van der Waals surface area contributed by atoms with Gasteiger partial charge in [-0.2, -0.15) is 28.2 Å². The van der Waals surface area contributed by atoms with Crippen LogP contribution in [0, 0.1) is 11.3 Å². The van der Waals surface area contributed by atoms with Gasteiger partial charge in [-0.1, -0.05) is 6.07 Å². The van der Waals surface area contributed by atoms with E-state index < -0.39 is 29.1 Å². The summed E-state index contributed by atoms with van der Waals surface area (Å²) < 4.78 is 41.3. The Hall–Kier alpha value is -3.13. The van der Waals surface area contributed by atoms with Crippen molar-refractivity contribution in [3.8, 4) is 16.6 Å². The molecular formula is C14H5F3N6OS. The summed E-state index contributed by atoms with van der Waals surface area (Å²) in [5, 5.41) is 21.0. The molecule has 0 spiro atoms. The molecule has 3 aromatic heterocycles. The molecule has 0 bridgehead atoms. The molecule has 4 rings (SSSR count). The zero-order valence-corrected chi connectivity index (χ0v) is 12.8. The van der Waals surface area contributed by atoms with Crippen LogP contribution in [0.3, 0.4) is 0 Å². The van der Waals surface area contributed by atoms with Crippen molar-refractivity contribution in [3.05, 3.63) is 29.1 Å². The zero-order valence-electron chi connectivity index (χ0n) is 12.0. The van der Waals surface area contributed by atoms with Gasteiger partial charge in [0.1, 0.15) is 6.07 Å². The predicted octanol–water partition coefficient (Wildman–Crippen LogP) is 3.81. The van der Waals surface area contributed by atoms with E-state index in [9.17, 15) is 18.0 Å². The standard InChI is InChI=1S/C14H5F3N6OS/c15-14(16,17)6-4-7(9-2-1-3-25-9)19-11-10(6)12-21-20-8(5-18)13(24)23(12)22-11/h1-4,8H. The second-order valence-corrected chi connectivity index (χ2v) is 6.00. The van der Waals surface area contributed by atoms with Crippen molar-refractivity contribution in [1.29, 1.82) is 5.26 Å². The van der Waals surface area contributed by atoms with E-state index in [1.807, 2.05) is 0 Å². The number of azo groups is 1. The smallest absolute Gasteiger partial charge is 0.269 e. The van der Waals surface area contributed by atoms with E-state index in [0.717, 1.165) is 6.07 Å².